The lowest BCUT2D eigenvalue weighted by Gasteiger charge is -2.31. The van der Waals surface area contributed by atoms with Gasteiger partial charge in [-0.3, -0.25) is 4.79 Å². The van der Waals surface area contributed by atoms with E-state index in [4.69, 9.17) is 0 Å². The summed E-state index contributed by atoms with van der Waals surface area (Å²) in [5, 5.41) is 3.33. The summed E-state index contributed by atoms with van der Waals surface area (Å²) in [5.41, 5.74) is 0.489. The Bertz CT molecular complexity index is 654. The molecular weight excluding hydrogens is 362 g/mol. The normalized spacial score (nSPS) is 16.3. The summed E-state index contributed by atoms with van der Waals surface area (Å²) in [5.74, 6) is 0.402. The third-order valence-electron chi connectivity index (χ3n) is 4.40. The summed E-state index contributed by atoms with van der Waals surface area (Å²) in [4.78, 5) is 13.6. The number of nitrogens with zero attached hydrogens (tertiary/aromatic N) is 2. The Balaban J connectivity index is 0.00000312. The fourth-order valence-corrected chi connectivity index (χ4v) is 4.35. The molecule has 0 aliphatic carbocycles. The van der Waals surface area contributed by atoms with E-state index in [2.05, 4.69) is 12.2 Å². The molecule has 1 aromatic carbocycles. The molecule has 0 aromatic heterocycles. The highest BCUT2D eigenvalue weighted by atomic mass is 35.5. The second-order valence-electron chi connectivity index (χ2n) is 6.38. The van der Waals surface area contributed by atoms with E-state index in [0.29, 0.717) is 24.6 Å². The smallest absolute Gasteiger partial charge is 0.253 e. The van der Waals surface area contributed by atoms with E-state index in [1.54, 1.807) is 30.5 Å². The van der Waals surface area contributed by atoms with E-state index in [9.17, 15) is 13.2 Å². The first kappa shape index (κ1) is 21.9. The fourth-order valence-electron chi connectivity index (χ4n) is 2.88. The zero-order valence-corrected chi connectivity index (χ0v) is 16.7. The molecule has 1 fully saturated rings. The third-order valence-corrected chi connectivity index (χ3v) is 6.31. The number of halogens is 1. The maximum atomic E-state index is 12.7. The average molecular weight is 390 g/mol. The molecule has 0 saturated carbocycles. The quantitative estimate of drug-likeness (QED) is 0.805. The van der Waals surface area contributed by atoms with Crippen molar-refractivity contribution in [2.75, 3.05) is 40.3 Å². The summed E-state index contributed by atoms with van der Waals surface area (Å²) in [6.45, 7) is 5.07. The number of benzene rings is 1. The monoisotopic (exact) mass is 389 g/mol. The molecule has 1 aliphatic rings. The van der Waals surface area contributed by atoms with Gasteiger partial charge in [-0.15, -0.1) is 12.4 Å². The molecular formula is C17H28ClN3O3S. The van der Waals surface area contributed by atoms with E-state index in [1.165, 1.54) is 17.0 Å². The van der Waals surface area contributed by atoms with E-state index in [1.807, 2.05) is 0 Å². The first-order valence-corrected chi connectivity index (χ1v) is 9.83. The van der Waals surface area contributed by atoms with Gasteiger partial charge in [0.1, 0.15) is 0 Å². The number of carbonyl (C=O) groups is 1. The molecule has 0 atom stereocenters. The molecule has 0 bridgehead atoms. The molecule has 0 unspecified atom stereocenters. The number of carbonyl (C=O) groups excluding carboxylic acids is 1. The molecule has 8 heteroatoms. The van der Waals surface area contributed by atoms with Gasteiger partial charge in [-0.05, 0) is 56.1 Å². The molecule has 1 amide bonds. The van der Waals surface area contributed by atoms with E-state index in [0.717, 1.165) is 25.9 Å². The Morgan fingerprint density at radius 3 is 2.24 bits per heavy atom. The third kappa shape index (κ3) is 5.41. The minimum atomic E-state index is -3.48. The van der Waals surface area contributed by atoms with E-state index >= 15 is 0 Å². The van der Waals surface area contributed by atoms with Gasteiger partial charge in [-0.1, -0.05) is 6.92 Å². The summed E-state index contributed by atoms with van der Waals surface area (Å²) in [6, 6.07) is 6.20. The Morgan fingerprint density at radius 1 is 1.20 bits per heavy atom. The van der Waals surface area contributed by atoms with Gasteiger partial charge in [0.2, 0.25) is 10.0 Å². The second-order valence-corrected chi connectivity index (χ2v) is 8.32. The van der Waals surface area contributed by atoms with Crippen molar-refractivity contribution in [1.82, 2.24) is 14.5 Å². The Hall–Kier alpha value is -1.15. The van der Waals surface area contributed by atoms with Gasteiger partial charge in [0, 0.05) is 32.7 Å². The Kier molecular flexibility index (Phi) is 8.34. The predicted octanol–water partition coefficient (Wildman–Crippen LogP) is 1.82. The van der Waals surface area contributed by atoms with Crippen molar-refractivity contribution in [1.29, 1.82) is 0 Å². The molecule has 2 rings (SSSR count). The molecule has 142 valence electrons. The fraction of sp³-hybridized carbons (Fsp3) is 0.588. The molecule has 1 N–H and O–H groups in total. The molecule has 0 radical (unpaired) electrons. The number of hydrogen-bond donors (Lipinski definition) is 1. The molecule has 1 aliphatic heterocycles. The molecule has 1 saturated heterocycles. The van der Waals surface area contributed by atoms with Crippen LogP contribution in [-0.4, -0.2) is 63.8 Å². The Labute approximate surface area is 157 Å². The summed E-state index contributed by atoms with van der Waals surface area (Å²) < 4.78 is 27.0. The number of piperidine rings is 1. The standard InChI is InChI=1S/C17H27N3O3S.ClH/c1-4-18-13-14-9-11-20(12-10-14)24(22,23)16-7-5-15(6-8-16)17(21)19(2)3;/h5-8,14,18H,4,9-13H2,1-3H3;1H. The summed E-state index contributed by atoms with van der Waals surface area (Å²) >= 11 is 0. The predicted molar refractivity (Wildman–Crippen MR) is 102 cm³/mol. The maximum absolute atomic E-state index is 12.7. The van der Waals surface area contributed by atoms with E-state index < -0.39 is 10.0 Å². The van der Waals surface area contributed by atoms with Crippen LogP contribution in [0.1, 0.15) is 30.1 Å². The van der Waals surface area contributed by atoms with Crippen LogP contribution in [0.5, 0.6) is 0 Å². The van der Waals surface area contributed by atoms with Crippen molar-refractivity contribution in [3.8, 4) is 0 Å². The van der Waals surface area contributed by atoms with Crippen molar-refractivity contribution in [2.24, 2.45) is 5.92 Å². The van der Waals surface area contributed by atoms with Gasteiger partial charge in [-0.2, -0.15) is 4.31 Å². The average Bonchev–Trinajstić information content (AvgIpc) is 2.59. The zero-order valence-electron chi connectivity index (χ0n) is 15.1. The Morgan fingerprint density at radius 2 is 1.76 bits per heavy atom. The largest absolute Gasteiger partial charge is 0.345 e. The molecule has 6 nitrogen and oxygen atoms in total. The number of amides is 1. The lowest BCUT2D eigenvalue weighted by atomic mass is 9.98. The van der Waals surface area contributed by atoms with E-state index in [-0.39, 0.29) is 23.2 Å². The van der Waals surface area contributed by atoms with Crippen LogP contribution >= 0.6 is 12.4 Å². The summed E-state index contributed by atoms with van der Waals surface area (Å²) in [7, 11) is -0.138. The van der Waals surface area contributed by atoms with Gasteiger partial charge < -0.3 is 10.2 Å². The maximum Gasteiger partial charge on any atom is 0.253 e. The first-order valence-electron chi connectivity index (χ1n) is 8.38. The van der Waals surface area contributed by atoms with Crippen LogP contribution in [0.3, 0.4) is 0 Å². The highest BCUT2D eigenvalue weighted by molar-refractivity contribution is 7.89. The van der Waals surface area contributed by atoms with Crippen LogP contribution in [0.4, 0.5) is 0 Å². The highest BCUT2D eigenvalue weighted by Crippen LogP contribution is 2.23. The number of rotatable bonds is 6. The number of hydrogen-bond acceptors (Lipinski definition) is 4. The topological polar surface area (TPSA) is 69.7 Å². The minimum absolute atomic E-state index is 0. The number of sulfonamides is 1. The zero-order chi connectivity index (χ0) is 17.7. The van der Waals surface area contributed by atoms with Crippen LogP contribution < -0.4 is 5.32 Å². The second kappa shape index (κ2) is 9.52. The van der Waals surface area contributed by atoms with Crippen LogP contribution in [0.25, 0.3) is 0 Å². The van der Waals surface area contributed by atoms with Gasteiger partial charge in [0.15, 0.2) is 0 Å². The van der Waals surface area contributed by atoms with Crippen LogP contribution in [0.15, 0.2) is 29.2 Å². The highest BCUT2D eigenvalue weighted by Gasteiger charge is 2.29. The van der Waals surface area contributed by atoms with Crippen LogP contribution in [0, 0.1) is 5.92 Å². The molecule has 1 aromatic rings. The summed E-state index contributed by atoms with van der Waals surface area (Å²) in [6.07, 6.45) is 1.76. The van der Waals surface area contributed by atoms with Crippen molar-refractivity contribution in [3.05, 3.63) is 29.8 Å². The van der Waals surface area contributed by atoms with Gasteiger partial charge in [0.25, 0.3) is 5.91 Å². The molecule has 1 heterocycles. The van der Waals surface area contributed by atoms with Crippen molar-refractivity contribution >= 4 is 28.3 Å². The number of nitrogens with one attached hydrogen (secondary N) is 1. The van der Waals surface area contributed by atoms with Gasteiger partial charge in [-0.25, -0.2) is 8.42 Å². The first-order chi connectivity index (χ1) is 11.4. The van der Waals surface area contributed by atoms with Gasteiger partial charge in [0.05, 0.1) is 4.90 Å². The van der Waals surface area contributed by atoms with Crippen LogP contribution in [-0.2, 0) is 10.0 Å². The molecule has 25 heavy (non-hydrogen) atoms. The SMILES string of the molecule is CCNCC1CCN(S(=O)(=O)c2ccc(C(=O)N(C)C)cc2)CC1.Cl. The van der Waals surface area contributed by atoms with Crippen molar-refractivity contribution < 1.29 is 13.2 Å². The lowest BCUT2D eigenvalue weighted by molar-refractivity contribution is 0.0827. The van der Waals surface area contributed by atoms with Crippen molar-refractivity contribution in [2.45, 2.75) is 24.7 Å². The minimum Gasteiger partial charge on any atom is -0.345 e. The van der Waals surface area contributed by atoms with Crippen molar-refractivity contribution in [3.63, 3.8) is 0 Å². The molecule has 0 spiro atoms. The van der Waals surface area contributed by atoms with Gasteiger partial charge >= 0.3 is 0 Å². The van der Waals surface area contributed by atoms with Crippen LogP contribution in [0.2, 0.25) is 0 Å². The lowest BCUT2D eigenvalue weighted by Crippen LogP contribution is -2.40.